The summed E-state index contributed by atoms with van der Waals surface area (Å²) in [6.07, 6.45) is 8.67. The van der Waals surface area contributed by atoms with Crippen LogP contribution in [0.3, 0.4) is 0 Å². The van der Waals surface area contributed by atoms with Gasteiger partial charge in [-0.2, -0.15) is 0 Å². The molecule has 0 amide bonds. The van der Waals surface area contributed by atoms with Gasteiger partial charge in [-0.05, 0) is 6.42 Å². The molecule has 0 aliphatic carbocycles. The number of nitrogens with one attached hydrogen (secondary N) is 1. The normalized spacial score (nSPS) is 11.3. The highest BCUT2D eigenvalue weighted by atomic mass is 16.4. The zero-order valence-electron chi connectivity index (χ0n) is 12.0. The van der Waals surface area contributed by atoms with Gasteiger partial charge in [0.25, 0.3) is 0 Å². The summed E-state index contributed by atoms with van der Waals surface area (Å²) in [7, 11) is 0. The van der Waals surface area contributed by atoms with E-state index in [9.17, 15) is 0 Å². The first-order valence-electron chi connectivity index (χ1n) is 7.27. The highest BCUT2D eigenvalue weighted by Crippen LogP contribution is 2.09. The summed E-state index contributed by atoms with van der Waals surface area (Å²) in [5.74, 6) is 1.48. The van der Waals surface area contributed by atoms with Gasteiger partial charge in [-0.1, -0.05) is 52.9 Å². The van der Waals surface area contributed by atoms with E-state index < -0.39 is 0 Å². The van der Waals surface area contributed by atoms with Crippen molar-refractivity contribution in [3.8, 4) is 0 Å². The predicted molar refractivity (Wildman–Crippen MR) is 73.4 cm³/mol. The van der Waals surface area contributed by atoms with Crippen LogP contribution in [0.15, 0.2) is 4.42 Å². The summed E-state index contributed by atoms with van der Waals surface area (Å²) in [5, 5.41) is 11.4. The van der Waals surface area contributed by atoms with Crippen molar-refractivity contribution in [2.75, 3.05) is 0 Å². The predicted octanol–water partition coefficient (Wildman–Crippen LogP) is 3.47. The van der Waals surface area contributed by atoms with Crippen LogP contribution >= 0.6 is 0 Å². The van der Waals surface area contributed by atoms with Crippen LogP contribution < -0.4 is 5.32 Å². The number of nitrogens with zero attached hydrogens (tertiary/aromatic N) is 2. The molecular weight excluding hydrogens is 226 g/mol. The lowest BCUT2D eigenvalue weighted by atomic mass is 10.1. The Morgan fingerprint density at radius 1 is 1.00 bits per heavy atom. The Kier molecular flexibility index (Phi) is 7.65. The van der Waals surface area contributed by atoms with Gasteiger partial charge in [-0.25, -0.2) is 0 Å². The Morgan fingerprint density at radius 3 is 2.39 bits per heavy atom. The fourth-order valence-corrected chi connectivity index (χ4v) is 1.81. The third-order valence-corrected chi connectivity index (χ3v) is 2.91. The Labute approximate surface area is 111 Å². The molecule has 0 spiro atoms. The van der Waals surface area contributed by atoms with Gasteiger partial charge < -0.3 is 9.73 Å². The second-order valence-corrected chi connectivity index (χ2v) is 5.14. The number of hydrogen-bond acceptors (Lipinski definition) is 4. The first kappa shape index (κ1) is 15.2. The minimum absolute atomic E-state index is 0.443. The summed E-state index contributed by atoms with van der Waals surface area (Å²) in [5.41, 5.74) is 0. The molecule has 0 atom stereocenters. The minimum atomic E-state index is 0.443. The Balaban J connectivity index is 2.11. The number of aryl methyl sites for hydroxylation is 1. The van der Waals surface area contributed by atoms with E-state index in [2.05, 4.69) is 36.3 Å². The fraction of sp³-hybridized carbons (Fsp3) is 0.857. The van der Waals surface area contributed by atoms with E-state index in [1.165, 1.54) is 32.1 Å². The molecule has 0 unspecified atom stereocenters. The largest absolute Gasteiger partial charge is 0.424 e. The van der Waals surface area contributed by atoms with Crippen molar-refractivity contribution in [1.29, 1.82) is 0 Å². The van der Waals surface area contributed by atoms with Crippen LogP contribution in [0.4, 0.5) is 0 Å². The quantitative estimate of drug-likeness (QED) is 0.649. The number of rotatable bonds is 10. The van der Waals surface area contributed by atoms with E-state index in [-0.39, 0.29) is 0 Å². The van der Waals surface area contributed by atoms with Crippen molar-refractivity contribution in [1.82, 2.24) is 15.5 Å². The van der Waals surface area contributed by atoms with E-state index in [0.717, 1.165) is 18.7 Å². The summed E-state index contributed by atoms with van der Waals surface area (Å²) in [6, 6.07) is 0.443. The molecule has 0 saturated carbocycles. The molecule has 4 heteroatoms. The van der Waals surface area contributed by atoms with E-state index in [1.807, 2.05) is 0 Å². The molecule has 1 N–H and O–H groups in total. The average molecular weight is 253 g/mol. The van der Waals surface area contributed by atoms with E-state index >= 15 is 0 Å². The molecule has 0 aromatic carbocycles. The highest BCUT2D eigenvalue weighted by Gasteiger charge is 2.05. The van der Waals surface area contributed by atoms with Gasteiger partial charge in [0.2, 0.25) is 11.8 Å². The molecule has 1 heterocycles. The van der Waals surface area contributed by atoms with Crippen molar-refractivity contribution in [3.63, 3.8) is 0 Å². The molecular formula is C14H27N3O. The lowest BCUT2D eigenvalue weighted by Gasteiger charge is -2.03. The Morgan fingerprint density at radius 2 is 1.67 bits per heavy atom. The zero-order valence-corrected chi connectivity index (χ0v) is 12.0. The maximum atomic E-state index is 5.58. The van der Waals surface area contributed by atoms with Crippen LogP contribution in [-0.2, 0) is 13.0 Å². The van der Waals surface area contributed by atoms with Gasteiger partial charge in [0.15, 0.2) is 0 Å². The van der Waals surface area contributed by atoms with Gasteiger partial charge >= 0.3 is 0 Å². The third kappa shape index (κ3) is 6.74. The third-order valence-electron chi connectivity index (χ3n) is 2.91. The van der Waals surface area contributed by atoms with Gasteiger partial charge in [-0.15, -0.1) is 10.2 Å². The molecule has 4 nitrogen and oxygen atoms in total. The fourth-order valence-electron chi connectivity index (χ4n) is 1.81. The molecule has 104 valence electrons. The topological polar surface area (TPSA) is 51.0 Å². The molecule has 0 aliphatic rings. The number of unbranched alkanes of at least 4 members (excludes halogenated alkanes) is 5. The monoisotopic (exact) mass is 253 g/mol. The second-order valence-electron chi connectivity index (χ2n) is 5.14. The van der Waals surface area contributed by atoms with Crippen LogP contribution in [0.25, 0.3) is 0 Å². The Hall–Kier alpha value is -0.900. The lowest BCUT2D eigenvalue weighted by molar-refractivity contribution is 0.415. The summed E-state index contributed by atoms with van der Waals surface area (Å²) < 4.78 is 5.58. The molecule has 0 aliphatic heterocycles. The maximum Gasteiger partial charge on any atom is 0.230 e. The van der Waals surface area contributed by atoms with Crippen LogP contribution in [-0.4, -0.2) is 16.2 Å². The zero-order chi connectivity index (χ0) is 13.2. The summed E-state index contributed by atoms with van der Waals surface area (Å²) in [6.45, 7) is 7.12. The first-order valence-corrected chi connectivity index (χ1v) is 7.27. The van der Waals surface area contributed by atoms with Crippen molar-refractivity contribution >= 4 is 0 Å². The molecule has 0 saturated heterocycles. The van der Waals surface area contributed by atoms with Crippen molar-refractivity contribution in [2.24, 2.45) is 0 Å². The maximum absolute atomic E-state index is 5.58. The molecule has 1 rings (SSSR count). The van der Waals surface area contributed by atoms with E-state index in [1.54, 1.807) is 0 Å². The average Bonchev–Trinajstić information content (AvgIpc) is 2.79. The van der Waals surface area contributed by atoms with Gasteiger partial charge in [-0.3, -0.25) is 0 Å². The standard InChI is InChI=1S/C14H27N3O/c1-4-5-6-7-8-9-10-13-16-17-14(18-13)11-15-12(2)3/h12,15H,4-11H2,1-3H3. The first-order chi connectivity index (χ1) is 8.72. The van der Waals surface area contributed by atoms with Crippen molar-refractivity contribution in [3.05, 3.63) is 11.8 Å². The van der Waals surface area contributed by atoms with Gasteiger partial charge in [0.05, 0.1) is 6.54 Å². The summed E-state index contributed by atoms with van der Waals surface area (Å²) in [4.78, 5) is 0. The van der Waals surface area contributed by atoms with Crippen LogP contribution in [0.5, 0.6) is 0 Å². The van der Waals surface area contributed by atoms with Gasteiger partial charge in [0.1, 0.15) is 0 Å². The van der Waals surface area contributed by atoms with Crippen LogP contribution in [0.2, 0.25) is 0 Å². The smallest absolute Gasteiger partial charge is 0.230 e. The van der Waals surface area contributed by atoms with E-state index in [4.69, 9.17) is 4.42 Å². The van der Waals surface area contributed by atoms with Crippen molar-refractivity contribution in [2.45, 2.75) is 78.3 Å². The molecule has 18 heavy (non-hydrogen) atoms. The lowest BCUT2D eigenvalue weighted by Crippen LogP contribution is -2.21. The molecule has 0 radical (unpaired) electrons. The van der Waals surface area contributed by atoms with E-state index in [0.29, 0.717) is 18.5 Å². The molecule has 0 fully saturated rings. The molecule has 1 aromatic rings. The molecule has 0 bridgehead atoms. The summed E-state index contributed by atoms with van der Waals surface area (Å²) >= 11 is 0. The second kappa shape index (κ2) is 9.09. The van der Waals surface area contributed by atoms with Crippen LogP contribution in [0.1, 0.15) is 71.1 Å². The molecule has 1 aromatic heterocycles. The minimum Gasteiger partial charge on any atom is -0.424 e. The highest BCUT2D eigenvalue weighted by molar-refractivity contribution is 4.82. The van der Waals surface area contributed by atoms with Crippen LogP contribution in [0, 0.1) is 0 Å². The SMILES string of the molecule is CCCCCCCCc1nnc(CNC(C)C)o1. The van der Waals surface area contributed by atoms with Gasteiger partial charge in [0, 0.05) is 12.5 Å². The number of hydrogen-bond donors (Lipinski definition) is 1. The Bertz CT molecular complexity index is 310. The van der Waals surface area contributed by atoms with Crippen molar-refractivity contribution < 1.29 is 4.42 Å². The number of aromatic nitrogens is 2.